The fourth-order valence-corrected chi connectivity index (χ4v) is 3.24. The Morgan fingerprint density at radius 3 is 2.45 bits per heavy atom. The Bertz CT molecular complexity index is 420. The third-order valence-corrected chi connectivity index (χ3v) is 5.89. The predicted molar refractivity (Wildman–Crippen MR) is 82.7 cm³/mol. The molecular weight excluding hydrogens is 272 g/mol. The third-order valence-electron chi connectivity index (χ3n) is 4.65. The van der Waals surface area contributed by atoms with E-state index in [1.807, 2.05) is 18.7 Å². The lowest BCUT2D eigenvalue weighted by Gasteiger charge is -2.46. The van der Waals surface area contributed by atoms with Gasteiger partial charge in [-0.3, -0.25) is 9.59 Å². The van der Waals surface area contributed by atoms with E-state index in [9.17, 15) is 9.59 Å². The molecule has 1 saturated heterocycles. The lowest BCUT2D eigenvalue weighted by Crippen LogP contribution is -2.71. The van der Waals surface area contributed by atoms with Crippen molar-refractivity contribution in [2.24, 2.45) is 5.92 Å². The largest absolute Gasteiger partial charge is 0.340 e. The first kappa shape index (κ1) is 15.7. The number of thioether (sulfide) groups is 1. The van der Waals surface area contributed by atoms with Gasteiger partial charge in [-0.05, 0) is 52.2 Å². The summed E-state index contributed by atoms with van der Waals surface area (Å²) in [6, 6.07) is -0.319. The summed E-state index contributed by atoms with van der Waals surface area (Å²) in [6.07, 6.45) is 4.80. The predicted octanol–water partition coefficient (Wildman–Crippen LogP) is 2.03. The van der Waals surface area contributed by atoms with Gasteiger partial charge < -0.3 is 10.2 Å². The Hall–Kier alpha value is -0.710. The summed E-state index contributed by atoms with van der Waals surface area (Å²) in [5.41, 5.74) is -0.683. The van der Waals surface area contributed by atoms with Crippen LogP contribution in [0.25, 0.3) is 0 Å². The summed E-state index contributed by atoms with van der Waals surface area (Å²) in [5, 5.41) is 3.00. The quantitative estimate of drug-likeness (QED) is 0.845. The van der Waals surface area contributed by atoms with Crippen molar-refractivity contribution in [3.63, 3.8) is 0 Å². The minimum absolute atomic E-state index is 0.0124. The van der Waals surface area contributed by atoms with Crippen LogP contribution in [0.4, 0.5) is 0 Å². The molecule has 0 spiro atoms. The molecule has 2 rings (SSSR count). The highest BCUT2D eigenvalue weighted by atomic mass is 32.2. The van der Waals surface area contributed by atoms with E-state index in [0.29, 0.717) is 18.9 Å². The van der Waals surface area contributed by atoms with E-state index in [0.717, 1.165) is 12.8 Å². The molecule has 1 heterocycles. The molecule has 2 atom stereocenters. The van der Waals surface area contributed by atoms with Crippen LogP contribution < -0.4 is 5.32 Å². The maximum Gasteiger partial charge on any atom is 0.249 e. The highest BCUT2D eigenvalue weighted by molar-refractivity contribution is 7.99. The summed E-state index contributed by atoms with van der Waals surface area (Å²) in [7, 11) is 0. The molecule has 1 saturated carbocycles. The van der Waals surface area contributed by atoms with Gasteiger partial charge in [-0.2, -0.15) is 11.8 Å². The van der Waals surface area contributed by atoms with Crippen molar-refractivity contribution in [1.82, 2.24) is 10.2 Å². The van der Waals surface area contributed by atoms with Crippen LogP contribution in [0.15, 0.2) is 0 Å². The molecule has 2 amide bonds. The molecule has 5 heteroatoms. The van der Waals surface area contributed by atoms with Crippen molar-refractivity contribution in [2.45, 2.75) is 63.3 Å². The van der Waals surface area contributed by atoms with Gasteiger partial charge in [0.15, 0.2) is 0 Å². The van der Waals surface area contributed by atoms with E-state index >= 15 is 0 Å². The van der Waals surface area contributed by atoms with E-state index in [1.165, 1.54) is 0 Å². The van der Waals surface area contributed by atoms with E-state index in [-0.39, 0.29) is 22.6 Å². The van der Waals surface area contributed by atoms with Crippen LogP contribution in [0.5, 0.6) is 0 Å². The zero-order chi connectivity index (χ0) is 15.1. The average Bonchev–Trinajstić information content (AvgIpc) is 3.20. The van der Waals surface area contributed by atoms with Gasteiger partial charge in [-0.15, -0.1) is 0 Å². The first-order valence-corrected chi connectivity index (χ1v) is 8.66. The Kier molecular flexibility index (Phi) is 4.11. The van der Waals surface area contributed by atoms with Crippen molar-refractivity contribution in [1.29, 1.82) is 0 Å². The first-order valence-electron chi connectivity index (χ1n) is 7.43. The van der Waals surface area contributed by atoms with Crippen molar-refractivity contribution >= 4 is 23.6 Å². The van der Waals surface area contributed by atoms with Crippen molar-refractivity contribution in [3.8, 4) is 0 Å². The number of nitrogens with one attached hydrogen (secondary N) is 1. The van der Waals surface area contributed by atoms with Gasteiger partial charge in [0.05, 0.1) is 0 Å². The second-order valence-corrected chi connectivity index (χ2v) is 8.30. The highest BCUT2D eigenvalue weighted by Crippen LogP contribution is 2.43. The molecule has 0 radical (unpaired) electrons. The molecule has 2 unspecified atom stereocenters. The Morgan fingerprint density at radius 1 is 1.40 bits per heavy atom. The molecule has 0 bridgehead atoms. The second-order valence-electron chi connectivity index (χ2n) is 6.79. The molecule has 1 aliphatic heterocycles. The van der Waals surface area contributed by atoms with Crippen LogP contribution in [0, 0.1) is 5.92 Å². The molecule has 20 heavy (non-hydrogen) atoms. The van der Waals surface area contributed by atoms with Gasteiger partial charge in [0.1, 0.15) is 11.6 Å². The number of hydrogen-bond acceptors (Lipinski definition) is 3. The summed E-state index contributed by atoms with van der Waals surface area (Å²) in [5.74, 6) is 0.434. The molecule has 2 fully saturated rings. The number of rotatable bonds is 5. The normalized spacial score (nSPS) is 31.4. The molecule has 1 aliphatic carbocycles. The topological polar surface area (TPSA) is 49.4 Å². The number of hydrogen-bond donors (Lipinski definition) is 1. The minimum atomic E-state index is -0.683. The summed E-state index contributed by atoms with van der Waals surface area (Å²) < 4.78 is -0.0365. The Balaban J connectivity index is 2.28. The van der Waals surface area contributed by atoms with Crippen LogP contribution in [0.2, 0.25) is 0 Å². The molecule has 0 aromatic rings. The standard InChI is InChI=1S/C15H26N2O2S/c1-6-11-12(18)16-15(4,10-7-8-10)13(19)17(11)9-14(2,3)20-5/h10-11H,6-9H2,1-5H3,(H,16,18). The van der Waals surface area contributed by atoms with E-state index in [1.54, 1.807) is 11.8 Å². The number of nitrogens with zero attached hydrogens (tertiary/aromatic N) is 1. The molecule has 4 nitrogen and oxygen atoms in total. The summed E-state index contributed by atoms with van der Waals surface area (Å²) in [4.78, 5) is 27.2. The van der Waals surface area contributed by atoms with E-state index in [4.69, 9.17) is 0 Å². The molecular formula is C15H26N2O2S. The Morgan fingerprint density at radius 2 is 2.00 bits per heavy atom. The zero-order valence-corrected chi connectivity index (χ0v) is 14.0. The summed E-state index contributed by atoms with van der Waals surface area (Å²) in [6.45, 7) is 8.74. The SMILES string of the molecule is CCC1C(=O)NC(C)(C2CC2)C(=O)N1CC(C)(C)SC. The zero-order valence-electron chi connectivity index (χ0n) is 13.2. The monoisotopic (exact) mass is 298 g/mol. The van der Waals surface area contributed by atoms with Crippen LogP contribution >= 0.6 is 11.8 Å². The number of carbonyl (C=O) groups excluding carboxylic acids is 2. The van der Waals surface area contributed by atoms with E-state index in [2.05, 4.69) is 25.4 Å². The minimum Gasteiger partial charge on any atom is -0.340 e. The number of carbonyl (C=O) groups is 2. The number of piperazine rings is 1. The second kappa shape index (κ2) is 5.24. The molecule has 114 valence electrons. The van der Waals surface area contributed by atoms with Crippen LogP contribution in [0.3, 0.4) is 0 Å². The smallest absolute Gasteiger partial charge is 0.249 e. The van der Waals surface area contributed by atoms with Crippen molar-refractivity contribution in [3.05, 3.63) is 0 Å². The van der Waals surface area contributed by atoms with Gasteiger partial charge in [0, 0.05) is 11.3 Å². The first-order chi connectivity index (χ1) is 9.25. The molecule has 0 aromatic heterocycles. The summed E-state index contributed by atoms with van der Waals surface area (Å²) >= 11 is 1.74. The lowest BCUT2D eigenvalue weighted by atomic mass is 9.88. The molecule has 0 aromatic carbocycles. The molecule has 2 aliphatic rings. The van der Waals surface area contributed by atoms with Crippen LogP contribution in [-0.4, -0.2) is 45.8 Å². The van der Waals surface area contributed by atoms with Crippen molar-refractivity contribution in [2.75, 3.05) is 12.8 Å². The maximum absolute atomic E-state index is 12.9. The van der Waals surface area contributed by atoms with E-state index < -0.39 is 5.54 Å². The van der Waals surface area contributed by atoms with Gasteiger partial charge in [0.25, 0.3) is 0 Å². The van der Waals surface area contributed by atoms with Crippen LogP contribution in [0.1, 0.15) is 47.0 Å². The van der Waals surface area contributed by atoms with Gasteiger partial charge >= 0.3 is 0 Å². The van der Waals surface area contributed by atoms with Gasteiger partial charge in [0.2, 0.25) is 11.8 Å². The third kappa shape index (κ3) is 2.69. The molecule has 1 N–H and O–H groups in total. The Labute approximate surface area is 126 Å². The lowest BCUT2D eigenvalue weighted by molar-refractivity contribution is -0.155. The van der Waals surface area contributed by atoms with Gasteiger partial charge in [-0.25, -0.2) is 0 Å². The fourth-order valence-electron chi connectivity index (χ4n) is 2.97. The van der Waals surface area contributed by atoms with Crippen LogP contribution in [-0.2, 0) is 9.59 Å². The maximum atomic E-state index is 12.9. The fraction of sp³-hybridized carbons (Fsp3) is 0.867. The number of amides is 2. The van der Waals surface area contributed by atoms with Gasteiger partial charge in [-0.1, -0.05) is 6.92 Å². The highest BCUT2D eigenvalue weighted by Gasteiger charge is 2.55. The van der Waals surface area contributed by atoms with Crippen molar-refractivity contribution < 1.29 is 9.59 Å². The average molecular weight is 298 g/mol.